The van der Waals surface area contributed by atoms with Crippen LogP contribution in [0.2, 0.25) is 0 Å². The molecule has 28 heavy (non-hydrogen) atoms. The van der Waals surface area contributed by atoms with Crippen molar-refractivity contribution in [2.75, 3.05) is 11.4 Å². The molecule has 0 spiro atoms. The van der Waals surface area contributed by atoms with Crippen LogP contribution in [0.25, 0.3) is 11.3 Å². The molecule has 146 valence electrons. The molecule has 3 aromatic rings. The molecule has 0 bridgehead atoms. The molecule has 0 fully saturated rings. The first-order valence-electron chi connectivity index (χ1n) is 8.33. The van der Waals surface area contributed by atoms with Gasteiger partial charge in [0.2, 0.25) is 0 Å². The summed E-state index contributed by atoms with van der Waals surface area (Å²) in [5.74, 6) is 0.528. The highest BCUT2D eigenvalue weighted by Gasteiger charge is 2.22. The zero-order valence-electron chi connectivity index (χ0n) is 14.4. The molecule has 10 heteroatoms. The third-order valence-corrected chi connectivity index (χ3v) is 5.48. The monoisotopic (exact) mass is 407 g/mol. The molecule has 2 heterocycles. The number of sulfonamides is 1. The van der Waals surface area contributed by atoms with E-state index in [2.05, 4.69) is 9.93 Å². The molecule has 0 saturated heterocycles. The number of rotatable bonds is 5. The van der Waals surface area contributed by atoms with Crippen LogP contribution in [-0.4, -0.2) is 24.9 Å². The smallest absolute Gasteiger partial charge is 0.282 e. The van der Waals surface area contributed by atoms with E-state index in [1.807, 2.05) is 0 Å². The van der Waals surface area contributed by atoms with E-state index in [1.54, 1.807) is 36.4 Å². The standard InChI is InChI=1S/C18H15F2N3O4S/c19-18(20)15-11-16(12-6-7-17-13(10-12)8-9-26-27-17)23(21-15)22-28(24,25)14-4-2-1-3-5-14/h1-7,10-11,18,22H,8-9H2. The Hall–Kier alpha value is -2.98. The molecule has 1 aliphatic heterocycles. The van der Waals surface area contributed by atoms with E-state index in [0.717, 1.165) is 16.4 Å². The van der Waals surface area contributed by atoms with E-state index in [0.29, 0.717) is 24.3 Å². The average molecular weight is 407 g/mol. The quantitative estimate of drug-likeness (QED) is 0.657. The maximum absolute atomic E-state index is 13.2. The van der Waals surface area contributed by atoms with Crippen molar-refractivity contribution in [2.45, 2.75) is 17.7 Å². The van der Waals surface area contributed by atoms with Crippen LogP contribution in [0.1, 0.15) is 17.7 Å². The predicted molar refractivity (Wildman–Crippen MR) is 95.9 cm³/mol. The molecule has 0 radical (unpaired) electrons. The van der Waals surface area contributed by atoms with Gasteiger partial charge in [-0.05, 0) is 36.4 Å². The second-order valence-electron chi connectivity index (χ2n) is 6.05. The third kappa shape index (κ3) is 3.56. The van der Waals surface area contributed by atoms with Crippen molar-refractivity contribution >= 4 is 10.0 Å². The molecule has 1 aromatic heterocycles. The summed E-state index contributed by atoms with van der Waals surface area (Å²) in [4.78, 5) is 13.1. The number of nitrogens with one attached hydrogen (secondary N) is 1. The molecule has 2 aromatic carbocycles. The van der Waals surface area contributed by atoms with Gasteiger partial charge >= 0.3 is 0 Å². The van der Waals surface area contributed by atoms with Crippen LogP contribution in [0, 0.1) is 0 Å². The topological polar surface area (TPSA) is 82.5 Å². The molecule has 0 amide bonds. The third-order valence-electron chi connectivity index (χ3n) is 4.17. The summed E-state index contributed by atoms with van der Waals surface area (Å²) >= 11 is 0. The van der Waals surface area contributed by atoms with Crippen molar-refractivity contribution in [3.05, 3.63) is 65.9 Å². The van der Waals surface area contributed by atoms with Gasteiger partial charge in [-0.1, -0.05) is 18.2 Å². The molecule has 7 nitrogen and oxygen atoms in total. The number of hydrogen-bond acceptors (Lipinski definition) is 5. The van der Waals surface area contributed by atoms with Gasteiger partial charge in [0.15, 0.2) is 5.75 Å². The lowest BCUT2D eigenvalue weighted by Gasteiger charge is -2.17. The van der Waals surface area contributed by atoms with Crippen LogP contribution in [0.3, 0.4) is 0 Å². The summed E-state index contributed by atoms with van der Waals surface area (Å²) in [5.41, 5.74) is 0.979. The number of benzene rings is 2. The zero-order valence-corrected chi connectivity index (χ0v) is 15.2. The van der Waals surface area contributed by atoms with Crippen molar-refractivity contribution in [3.63, 3.8) is 0 Å². The molecule has 4 rings (SSSR count). The zero-order chi connectivity index (χ0) is 19.7. The fourth-order valence-electron chi connectivity index (χ4n) is 2.82. The summed E-state index contributed by atoms with van der Waals surface area (Å²) in [6.07, 6.45) is -2.27. The Morgan fingerprint density at radius 1 is 1.11 bits per heavy atom. The van der Waals surface area contributed by atoms with Crippen molar-refractivity contribution in [2.24, 2.45) is 0 Å². The summed E-state index contributed by atoms with van der Waals surface area (Å²) in [7, 11) is -4.01. The maximum Gasteiger partial charge on any atom is 0.282 e. The van der Waals surface area contributed by atoms with E-state index >= 15 is 0 Å². The van der Waals surface area contributed by atoms with Crippen LogP contribution >= 0.6 is 0 Å². The molecule has 0 atom stereocenters. The first-order valence-corrected chi connectivity index (χ1v) is 9.81. The molecular weight excluding hydrogens is 392 g/mol. The first-order chi connectivity index (χ1) is 13.4. The lowest BCUT2D eigenvalue weighted by Crippen LogP contribution is -2.25. The van der Waals surface area contributed by atoms with E-state index in [4.69, 9.17) is 9.78 Å². The van der Waals surface area contributed by atoms with Crippen molar-refractivity contribution in [1.82, 2.24) is 9.89 Å². The van der Waals surface area contributed by atoms with Gasteiger partial charge in [0, 0.05) is 17.5 Å². The second-order valence-corrected chi connectivity index (χ2v) is 7.71. The second kappa shape index (κ2) is 7.21. The molecule has 1 N–H and O–H groups in total. The maximum atomic E-state index is 13.2. The largest absolute Gasteiger partial charge is 0.337 e. The molecule has 1 aliphatic rings. The van der Waals surface area contributed by atoms with Gasteiger partial charge in [0.1, 0.15) is 5.69 Å². The van der Waals surface area contributed by atoms with Gasteiger partial charge in [-0.25, -0.2) is 8.78 Å². The van der Waals surface area contributed by atoms with E-state index in [9.17, 15) is 17.2 Å². The van der Waals surface area contributed by atoms with Crippen LogP contribution in [-0.2, 0) is 21.3 Å². The summed E-state index contributed by atoms with van der Waals surface area (Å²) in [6.45, 7) is 0.360. The summed E-state index contributed by atoms with van der Waals surface area (Å²) in [5, 5.41) is 3.73. The Morgan fingerprint density at radius 2 is 1.89 bits per heavy atom. The number of hydrogen-bond donors (Lipinski definition) is 1. The van der Waals surface area contributed by atoms with E-state index < -0.39 is 22.1 Å². The number of fused-ring (bicyclic) bond motifs is 1. The van der Waals surface area contributed by atoms with Crippen LogP contribution in [0.4, 0.5) is 8.78 Å². The number of halogens is 2. The van der Waals surface area contributed by atoms with Gasteiger partial charge in [-0.3, -0.25) is 0 Å². The van der Waals surface area contributed by atoms with Gasteiger partial charge in [-0.15, -0.1) is 0 Å². The first kappa shape index (κ1) is 18.4. The molecular formula is C18H15F2N3O4S. The Labute approximate surface area is 159 Å². The van der Waals surface area contributed by atoms with Crippen molar-refractivity contribution in [1.29, 1.82) is 0 Å². The van der Waals surface area contributed by atoms with Crippen molar-refractivity contribution < 1.29 is 27.0 Å². The molecule has 0 unspecified atom stereocenters. The summed E-state index contributed by atoms with van der Waals surface area (Å²) < 4.78 is 51.6. The average Bonchev–Trinajstić information content (AvgIpc) is 3.12. The van der Waals surface area contributed by atoms with Crippen LogP contribution in [0.5, 0.6) is 5.75 Å². The highest BCUT2D eigenvalue weighted by molar-refractivity contribution is 7.92. The van der Waals surface area contributed by atoms with Gasteiger partial charge < -0.3 is 4.89 Å². The Bertz CT molecular complexity index is 1100. The number of nitrogens with zero attached hydrogens (tertiary/aromatic N) is 2. The fraction of sp³-hybridized carbons (Fsp3) is 0.167. The van der Waals surface area contributed by atoms with Crippen molar-refractivity contribution in [3.8, 4) is 17.0 Å². The fourth-order valence-corrected chi connectivity index (χ4v) is 3.81. The Balaban J connectivity index is 1.76. The predicted octanol–water partition coefficient (Wildman–Crippen LogP) is 3.29. The highest BCUT2D eigenvalue weighted by Crippen LogP contribution is 2.31. The molecule has 0 saturated carbocycles. The lowest BCUT2D eigenvalue weighted by atomic mass is 10.0. The minimum Gasteiger partial charge on any atom is -0.337 e. The minimum atomic E-state index is -4.01. The van der Waals surface area contributed by atoms with Crippen LogP contribution in [0.15, 0.2) is 59.5 Å². The van der Waals surface area contributed by atoms with E-state index in [-0.39, 0.29) is 10.6 Å². The van der Waals surface area contributed by atoms with Gasteiger partial charge in [0.05, 0.1) is 17.2 Å². The Morgan fingerprint density at radius 3 is 2.64 bits per heavy atom. The normalized spacial score (nSPS) is 13.8. The van der Waals surface area contributed by atoms with Gasteiger partial charge in [-0.2, -0.15) is 28.0 Å². The SMILES string of the molecule is O=S(=O)(Nn1nc(C(F)F)cc1-c1ccc2c(c1)CCOO2)c1ccccc1. The number of aromatic nitrogens is 2. The minimum absolute atomic E-state index is 0.00830. The van der Waals surface area contributed by atoms with Gasteiger partial charge in [0.25, 0.3) is 16.4 Å². The van der Waals surface area contributed by atoms with E-state index in [1.165, 1.54) is 12.1 Å². The summed E-state index contributed by atoms with van der Waals surface area (Å²) in [6, 6.07) is 13.7. The molecule has 0 aliphatic carbocycles. The Kier molecular flexibility index (Phi) is 4.73. The lowest BCUT2D eigenvalue weighted by molar-refractivity contribution is -0.215. The highest BCUT2D eigenvalue weighted by atomic mass is 32.2. The van der Waals surface area contributed by atoms with Crippen LogP contribution < -0.4 is 9.72 Å². The number of alkyl halides is 2.